The van der Waals surface area contributed by atoms with Gasteiger partial charge in [0, 0.05) is 34.1 Å². The summed E-state index contributed by atoms with van der Waals surface area (Å²) in [5.41, 5.74) is 11.5. The molecule has 0 saturated heterocycles. The van der Waals surface area contributed by atoms with E-state index in [0.717, 1.165) is 34.1 Å². The number of benzene rings is 8. The van der Waals surface area contributed by atoms with Gasteiger partial charge in [-0.1, -0.05) is 152 Å². The first-order chi connectivity index (χ1) is 26.2. The molecular weight excluding hydrogens is 641 g/mol. The highest BCUT2D eigenvalue weighted by Gasteiger charge is 2.19. The lowest BCUT2D eigenvalue weighted by Gasteiger charge is -2.27. The molecule has 0 spiro atoms. The van der Waals surface area contributed by atoms with Gasteiger partial charge in [0.2, 0.25) is 0 Å². The van der Waals surface area contributed by atoms with Crippen molar-refractivity contribution in [2.45, 2.75) is 6.92 Å². The van der Waals surface area contributed by atoms with E-state index in [1.807, 2.05) is 12.2 Å². The molecule has 2 heteroatoms. The van der Waals surface area contributed by atoms with Crippen molar-refractivity contribution in [3.05, 3.63) is 225 Å². The Kier molecular flexibility index (Phi) is 9.50. The smallest absolute Gasteiger partial charge is 0.0462 e. The molecule has 53 heavy (non-hydrogen) atoms. The molecule has 0 aromatic heterocycles. The molecule has 0 heterocycles. The Labute approximate surface area is 312 Å². The Morgan fingerprint density at radius 3 is 1.15 bits per heavy atom. The van der Waals surface area contributed by atoms with E-state index in [2.05, 4.69) is 224 Å². The van der Waals surface area contributed by atoms with Crippen molar-refractivity contribution in [1.82, 2.24) is 0 Å². The van der Waals surface area contributed by atoms with E-state index >= 15 is 0 Å². The van der Waals surface area contributed by atoms with Crippen LogP contribution in [0, 0.1) is 0 Å². The Bertz CT molecular complexity index is 2450. The predicted molar refractivity (Wildman–Crippen MR) is 229 cm³/mol. The molecule has 2 nitrogen and oxygen atoms in total. The first kappa shape index (κ1) is 33.3. The van der Waals surface area contributed by atoms with Crippen LogP contribution in [0.3, 0.4) is 0 Å². The first-order valence-electron chi connectivity index (χ1n) is 18.1. The van der Waals surface area contributed by atoms with E-state index in [4.69, 9.17) is 0 Å². The maximum atomic E-state index is 3.89. The highest BCUT2D eigenvalue weighted by molar-refractivity contribution is 6.21. The van der Waals surface area contributed by atoms with E-state index in [-0.39, 0.29) is 0 Å². The molecule has 0 atom stereocenters. The van der Waals surface area contributed by atoms with Crippen molar-refractivity contribution in [1.29, 1.82) is 0 Å². The number of hydrogen-bond acceptors (Lipinski definition) is 2. The summed E-state index contributed by atoms with van der Waals surface area (Å²) in [6.07, 6.45) is 8.03. The van der Waals surface area contributed by atoms with E-state index in [9.17, 15) is 0 Å². The van der Waals surface area contributed by atoms with Gasteiger partial charge in [0.25, 0.3) is 0 Å². The van der Waals surface area contributed by atoms with Crippen LogP contribution in [0.15, 0.2) is 225 Å². The molecule has 8 aromatic carbocycles. The molecular formula is C51H40N2. The maximum Gasteiger partial charge on any atom is 0.0462 e. The van der Waals surface area contributed by atoms with Crippen LogP contribution in [0.2, 0.25) is 0 Å². The fourth-order valence-electron chi connectivity index (χ4n) is 7.40. The van der Waals surface area contributed by atoms with Crippen LogP contribution in [0.1, 0.15) is 6.92 Å². The number of rotatable bonds is 10. The Hall–Kier alpha value is -6.90. The van der Waals surface area contributed by atoms with Crippen LogP contribution in [-0.4, -0.2) is 0 Å². The number of fused-ring (bicyclic) bond motifs is 2. The quantitative estimate of drug-likeness (QED) is 0.105. The molecule has 8 rings (SSSR count). The SMILES string of the molecule is C=C/C=C\C(=C/C)N(c1ccccc1)c1ccc(-c2c3ccccc3c(-c3ccc(N(c4ccccc4)c4ccccc4)cc3)c3ccccc23)cc1. The van der Waals surface area contributed by atoms with E-state index in [1.165, 1.54) is 43.8 Å². The average Bonchev–Trinajstić information content (AvgIpc) is 3.23. The fourth-order valence-corrected chi connectivity index (χ4v) is 7.40. The van der Waals surface area contributed by atoms with Crippen molar-refractivity contribution in [3.8, 4) is 22.3 Å². The van der Waals surface area contributed by atoms with Crippen molar-refractivity contribution >= 4 is 50.0 Å². The Balaban J connectivity index is 1.24. The molecule has 0 aliphatic rings. The van der Waals surface area contributed by atoms with E-state index in [1.54, 1.807) is 0 Å². The van der Waals surface area contributed by atoms with Crippen molar-refractivity contribution in [2.75, 3.05) is 9.80 Å². The summed E-state index contributed by atoms with van der Waals surface area (Å²) in [5.74, 6) is 0. The molecule has 0 fully saturated rings. The van der Waals surface area contributed by atoms with Gasteiger partial charge in [-0.05, 0) is 117 Å². The lowest BCUT2D eigenvalue weighted by molar-refractivity contribution is 1.20. The second kappa shape index (κ2) is 15.1. The lowest BCUT2D eigenvalue weighted by atomic mass is 9.86. The largest absolute Gasteiger partial charge is 0.311 e. The number of allylic oxidation sites excluding steroid dienone is 4. The van der Waals surface area contributed by atoms with Crippen molar-refractivity contribution in [2.24, 2.45) is 0 Å². The second-order valence-corrected chi connectivity index (χ2v) is 12.9. The number of anilines is 5. The molecule has 0 unspecified atom stereocenters. The summed E-state index contributed by atoms with van der Waals surface area (Å²) in [7, 11) is 0. The summed E-state index contributed by atoms with van der Waals surface area (Å²) < 4.78 is 0. The Morgan fingerprint density at radius 1 is 0.415 bits per heavy atom. The van der Waals surface area contributed by atoms with Crippen LogP contribution >= 0.6 is 0 Å². The summed E-state index contributed by atoms with van der Waals surface area (Å²) in [6, 6.07) is 67.3. The minimum absolute atomic E-state index is 1.07. The zero-order valence-corrected chi connectivity index (χ0v) is 29.8. The van der Waals surface area contributed by atoms with Gasteiger partial charge in [0.1, 0.15) is 0 Å². The highest BCUT2D eigenvalue weighted by Crippen LogP contribution is 2.45. The highest BCUT2D eigenvalue weighted by atomic mass is 15.1. The van der Waals surface area contributed by atoms with Gasteiger partial charge in [-0.3, -0.25) is 0 Å². The van der Waals surface area contributed by atoms with Crippen LogP contribution in [0.25, 0.3) is 43.8 Å². The topological polar surface area (TPSA) is 6.48 Å². The third-order valence-corrected chi connectivity index (χ3v) is 9.76. The van der Waals surface area contributed by atoms with Crippen LogP contribution in [-0.2, 0) is 0 Å². The normalized spacial score (nSPS) is 11.6. The predicted octanol–water partition coefficient (Wildman–Crippen LogP) is 14.6. The number of hydrogen-bond donors (Lipinski definition) is 0. The molecule has 0 N–H and O–H groups in total. The van der Waals surface area contributed by atoms with Crippen molar-refractivity contribution < 1.29 is 0 Å². The molecule has 8 aromatic rings. The number of nitrogens with zero attached hydrogens (tertiary/aromatic N) is 2. The summed E-state index contributed by atoms with van der Waals surface area (Å²) >= 11 is 0. The van der Waals surface area contributed by atoms with Crippen LogP contribution in [0.5, 0.6) is 0 Å². The van der Waals surface area contributed by atoms with Crippen molar-refractivity contribution in [3.63, 3.8) is 0 Å². The van der Waals surface area contributed by atoms with Gasteiger partial charge in [-0.25, -0.2) is 0 Å². The minimum Gasteiger partial charge on any atom is -0.311 e. The van der Waals surface area contributed by atoms with Gasteiger partial charge < -0.3 is 9.80 Å². The zero-order valence-electron chi connectivity index (χ0n) is 29.8. The average molecular weight is 681 g/mol. The van der Waals surface area contributed by atoms with Gasteiger partial charge in [0.15, 0.2) is 0 Å². The van der Waals surface area contributed by atoms with Crippen LogP contribution < -0.4 is 9.80 Å². The molecule has 254 valence electrons. The molecule has 0 amide bonds. The third kappa shape index (κ3) is 6.55. The maximum absolute atomic E-state index is 3.89. The van der Waals surface area contributed by atoms with Gasteiger partial charge >= 0.3 is 0 Å². The third-order valence-electron chi connectivity index (χ3n) is 9.76. The minimum atomic E-state index is 1.07. The lowest BCUT2D eigenvalue weighted by Crippen LogP contribution is -2.14. The molecule has 0 radical (unpaired) electrons. The summed E-state index contributed by atoms with van der Waals surface area (Å²) in [6.45, 7) is 5.96. The molecule has 0 saturated carbocycles. The number of para-hydroxylation sites is 3. The standard InChI is InChI=1S/C51H40N2/c1-3-5-19-40(4-2)52(41-20-9-6-10-21-41)44-34-30-38(31-35-44)50-46-26-15-17-28-48(46)51(49-29-18-16-27-47(49)50)39-32-36-45(37-33-39)53(42-22-11-7-12-23-42)43-24-13-8-14-25-43/h3-37H,1H2,2H3/b19-5-,40-4+. The fraction of sp³-hybridized carbons (Fsp3) is 0.0196. The van der Waals surface area contributed by atoms with Gasteiger partial charge in [-0.15, -0.1) is 0 Å². The molecule has 0 aliphatic carbocycles. The van der Waals surface area contributed by atoms with Crippen LogP contribution in [0.4, 0.5) is 28.4 Å². The Morgan fingerprint density at radius 2 is 0.755 bits per heavy atom. The molecule has 0 aliphatic heterocycles. The monoisotopic (exact) mass is 680 g/mol. The van der Waals surface area contributed by atoms with E-state index in [0.29, 0.717) is 0 Å². The van der Waals surface area contributed by atoms with Gasteiger partial charge in [-0.2, -0.15) is 0 Å². The first-order valence-corrected chi connectivity index (χ1v) is 18.1. The summed E-state index contributed by atoms with van der Waals surface area (Å²) in [5, 5.41) is 4.93. The second-order valence-electron chi connectivity index (χ2n) is 12.9. The summed E-state index contributed by atoms with van der Waals surface area (Å²) in [4.78, 5) is 4.59. The molecule has 0 bridgehead atoms. The zero-order chi connectivity index (χ0) is 36.0. The van der Waals surface area contributed by atoms with E-state index < -0.39 is 0 Å². The van der Waals surface area contributed by atoms with Gasteiger partial charge in [0.05, 0.1) is 0 Å².